The van der Waals surface area contributed by atoms with Crippen LogP contribution < -0.4 is 10.2 Å². The van der Waals surface area contributed by atoms with Crippen LogP contribution in [0, 0.1) is 23.7 Å². The van der Waals surface area contributed by atoms with E-state index in [1.165, 1.54) is 11.1 Å². The highest BCUT2D eigenvalue weighted by molar-refractivity contribution is 7.18. The zero-order valence-electron chi connectivity index (χ0n) is 26.6. The minimum atomic E-state index is -4.26. The van der Waals surface area contributed by atoms with Crippen LogP contribution in [0.4, 0.5) is 19.0 Å². The van der Waals surface area contributed by atoms with Gasteiger partial charge in [0, 0.05) is 66.9 Å². The van der Waals surface area contributed by atoms with Gasteiger partial charge in [-0.1, -0.05) is 13.0 Å². The summed E-state index contributed by atoms with van der Waals surface area (Å²) in [6.07, 6.45) is -1.88. The maximum atomic E-state index is 13.2. The maximum absolute atomic E-state index is 13.2. The van der Waals surface area contributed by atoms with Gasteiger partial charge in [-0.05, 0) is 62.1 Å². The molecule has 9 nitrogen and oxygen atoms in total. The summed E-state index contributed by atoms with van der Waals surface area (Å²) in [5.41, 5.74) is 4.17. The molecule has 248 valence electrons. The van der Waals surface area contributed by atoms with Crippen LogP contribution in [0.5, 0.6) is 0 Å². The van der Waals surface area contributed by atoms with Crippen LogP contribution in [-0.2, 0) is 35.5 Å². The normalized spacial score (nSPS) is 22.2. The number of thiophene rings is 1. The molecule has 0 saturated carbocycles. The average Bonchev–Trinajstić information content (AvgIpc) is 3.82. The van der Waals surface area contributed by atoms with Crippen molar-refractivity contribution < 1.29 is 22.7 Å². The number of rotatable bonds is 8. The van der Waals surface area contributed by atoms with Gasteiger partial charge in [-0.3, -0.25) is 9.69 Å². The lowest BCUT2D eigenvalue weighted by molar-refractivity contribution is -0.133. The number of anilines is 1. The summed E-state index contributed by atoms with van der Waals surface area (Å²) >= 11 is 1.12. The molecular formula is C34H38F3N7O2S. The van der Waals surface area contributed by atoms with Crippen molar-refractivity contribution in [3.63, 3.8) is 0 Å². The van der Waals surface area contributed by atoms with Gasteiger partial charge in [0.15, 0.2) is 0 Å². The van der Waals surface area contributed by atoms with Gasteiger partial charge in [-0.25, -0.2) is 9.97 Å². The van der Waals surface area contributed by atoms with E-state index in [9.17, 15) is 23.2 Å². The molecule has 4 aromatic rings. The van der Waals surface area contributed by atoms with Gasteiger partial charge < -0.3 is 19.5 Å². The number of aryl methyl sites for hydroxylation is 3. The van der Waals surface area contributed by atoms with Gasteiger partial charge in [0.1, 0.15) is 34.8 Å². The van der Waals surface area contributed by atoms with Gasteiger partial charge in [-0.2, -0.15) is 18.4 Å². The second-order valence-corrected chi connectivity index (χ2v) is 14.4. The number of morpholine rings is 1. The number of hydrogen-bond donors (Lipinski definition) is 1. The third-order valence-electron chi connectivity index (χ3n) is 10.0. The molecular weight excluding hydrogens is 627 g/mol. The first-order chi connectivity index (χ1) is 22.5. The summed E-state index contributed by atoms with van der Waals surface area (Å²) in [5.74, 6) is 1.34. The Bertz CT molecular complexity index is 1870. The third-order valence-corrected chi connectivity index (χ3v) is 11.1. The highest BCUT2D eigenvalue weighted by Gasteiger charge is 2.44. The van der Waals surface area contributed by atoms with Crippen molar-refractivity contribution in [1.82, 2.24) is 24.8 Å². The summed E-state index contributed by atoms with van der Waals surface area (Å²) in [5, 5.41) is 14.6. The molecule has 3 aliphatic rings. The van der Waals surface area contributed by atoms with Gasteiger partial charge in [0.2, 0.25) is 5.91 Å². The van der Waals surface area contributed by atoms with Crippen LogP contribution in [0.1, 0.15) is 53.7 Å². The number of hydrogen-bond acceptors (Lipinski definition) is 8. The van der Waals surface area contributed by atoms with Crippen molar-refractivity contribution in [3.8, 4) is 6.07 Å². The van der Waals surface area contributed by atoms with Crippen molar-refractivity contribution in [2.45, 2.75) is 71.3 Å². The largest absolute Gasteiger partial charge is 0.393 e. The standard InChI is InChI=1S/C34H38F3N7O2S/c1-3-29-40-31(27-13-25(14-34(35,36)37)47-32(27)41-29)43-11-8-33(20-43)7-10-42(19-33)17-22-4-5-28-26(21(22)2)12-23(15-38)44(28)9-6-24-16-39-30(45)18-46-24/h4-5,12-13,24H,3,6-11,14,16-20H2,1-2H3,(H,39,45). The van der Waals surface area contributed by atoms with Crippen molar-refractivity contribution >= 4 is 44.2 Å². The van der Waals surface area contributed by atoms with Gasteiger partial charge in [0.25, 0.3) is 0 Å². The Kier molecular flexibility index (Phi) is 8.39. The maximum Gasteiger partial charge on any atom is 0.393 e. The number of aromatic nitrogens is 3. The monoisotopic (exact) mass is 665 g/mol. The van der Waals surface area contributed by atoms with E-state index in [1.807, 2.05) is 13.0 Å². The van der Waals surface area contributed by atoms with Crippen LogP contribution in [-0.4, -0.2) is 77.0 Å². The molecule has 3 saturated heterocycles. The predicted octanol–water partition coefficient (Wildman–Crippen LogP) is 5.50. The van der Waals surface area contributed by atoms with E-state index in [0.717, 1.165) is 79.0 Å². The molecule has 2 atom stereocenters. The number of fused-ring (bicyclic) bond motifs is 2. The molecule has 47 heavy (non-hydrogen) atoms. The van der Waals surface area contributed by atoms with E-state index in [0.29, 0.717) is 42.3 Å². The Morgan fingerprint density at radius 1 is 1.17 bits per heavy atom. The SMILES string of the molecule is CCc1nc(N2CCC3(CCN(Cc4ccc5c(cc(C#N)n5CCC5CNC(=O)CO5)c4C)C3)C2)c2cc(CC(F)(F)F)sc2n1. The summed E-state index contributed by atoms with van der Waals surface area (Å²) in [6.45, 7) is 9.67. The molecule has 13 heteroatoms. The van der Waals surface area contributed by atoms with Crippen molar-refractivity contribution in [1.29, 1.82) is 5.26 Å². The van der Waals surface area contributed by atoms with E-state index < -0.39 is 12.6 Å². The zero-order chi connectivity index (χ0) is 32.9. The number of nitrogens with zero attached hydrogens (tertiary/aromatic N) is 6. The number of halogens is 3. The zero-order valence-corrected chi connectivity index (χ0v) is 27.4. The van der Waals surface area contributed by atoms with E-state index in [-0.39, 0.29) is 28.9 Å². The molecule has 2 unspecified atom stereocenters. The number of carbonyl (C=O) groups is 1. The van der Waals surface area contributed by atoms with Crippen LogP contribution in [0.2, 0.25) is 0 Å². The Labute approximate surface area is 275 Å². The summed E-state index contributed by atoms with van der Waals surface area (Å²) in [6, 6.07) is 10.3. The third kappa shape index (κ3) is 6.43. The van der Waals surface area contributed by atoms with Crippen molar-refractivity contribution in [2.24, 2.45) is 5.41 Å². The number of ether oxygens (including phenoxy) is 1. The van der Waals surface area contributed by atoms with E-state index >= 15 is 0 Å². The van der Waals surface area contributed by atoms with Gasteiger partial charge in [0.05, 0.1) is 17.9 Å². The average molecular weight is 666 g/mol. The number of alkyl halides is 3. The molecule has 7 rings (SSSR count). The first-order valence-corrected chi connectivity index (χ1v) is 17.1. The fourth-order valence-electron chi connectivity index (χ4n) is 7.55. The molecule has 3 fully saturated rings. The molecule has 1 N–H and O–H groups in total. The molecule has 6 heterocycles. The topological polar surface area (TPSA) is 99.3 Å². The van der Waals surface area contributed by atoms with Crippen molar-refractivity contribution in [3.05, 3.63) is 51.8 Å². The Morgan fingerprint density at radius 3 is 2.74 bits per heavy atom. The molecule has 3 aliphatic heterocycles. The highest BCUT2D eigenvalue weighted by Crippen LogP contribution is 2.44. The minimum absolute atomic E-state index is 0.0720. The molecule has 3 aromatic heterocycles. The molecule has 1 amide bonds. The molecule has 1 spiro atoms. The number of amides is 1. The van der Waals surface area contributed by atoms with Crippen LogP contribution in [0.25, 0.3) is 21.1 Å². The number of nitrogens with one attached hydrogen (secondary N) is 1. The first-order valence-electron chi connectivity index (χ1n) is 16.3. The summed E-state index contributed by atoms with van der Waals surface area (Å²) in [7, 11) is 0. The van der Waals surface area contributed by atoms with E-state index in [2.05, 4.69) is 49.8 Å². The van der Waals surface area contributed by atoms with Gasteiger partial charge >= 0.3 is 6.18 Å². The highest BCUT2D eigenvalue weighted by atomic mass is 32.1. The number of benzene rings is 1. The first kappa shape index (κ1) is 31.8. The summed E-state index contributed by atoms with van der Waals surface area (Å²) in [4.78, 5) is 26.5. The molecule has 0 bridgehead atoms. The van der Waals surface area contributed by atoms with Gasteiger partial charge in [-0.15, -0.1) is 11.3 Å². The van der Waals surface area contributed by atoms with Crippen LogP contribution >= 0.6 is 11.3 Å². The summed E-state index contributed by atoms with van der Waals surface area (Å²) < 4.78 is 47.2. The van der Waals surface area contributed by atoms with Crippen molar-refractivity contribution in [2.75, 3.05) is 44.2 Å². The fourth-order valence-corrected chi connectivity index (χ4v) is 8.62. The Hall–Kier alpha value is -3.73. The molecule has 1 aromatic carbocycles. The smallest absolute Gasteiger partial charge is 0.367 e. The number of carbonyl (C=O) groups excluding carboxylic acids is 1. The molecule has 0 aliphatic carbocycles. The van der Waals surface area contributed by atoms with E-state index in [1.54, 1.807) is 6.07 Å². The second-order valence-electron chi connectivity index (χ2n) is 13.3. The lowest BCUT2D eigenvalue weighted by atomic mass is 9.86. The lowest BCUT2D eigenvalue weighted by Crippen LogP contribution is -2.43. The second kappa shape index (κ2) is 12.4. The Morgan fingerprint density at radius 2 is 2.00 bits per heavy atom. The Balaban J connectivity index is 1.05. The number of likely N-dealkylation sites (tertiary alicyclic amines) is 1. The quantitative estimate of drug-likeness (QED) is 0.266. The lowest BCUT2D eigenvalue weighted by Gasteiger charge is -2.26. The minimum Gasteiger partial charge on any atom is -0.367 e. The van der Waals surface area contributed by atoms with Crippen LogP contribution in [0.3, 0.4) is 0 Å². The van der Waals surface area contributed by atoms with Crippen LogP contribution in [0.15, 0.2) is 24.3 Å². The molecule has 0 radical (unpaired) electrons. The predicted molar refractivity (Wildman–Crippen MR) is 174 cm³/mol. The van der Waals surface area contributed by atoms with E-state index in [4.69, 9.17) is 9.72 Å². The fraction of sp³-hybridized carbons (Fsp3) is 0.529. The number of nitriles is 1.